The van der Waals surface area contributed by atoms with Gasteiger partial charge in [0.15, 0.2) is 5.17 Å². The van der Waals surface area contributed by atoms with Gasteiger partial charge in [-0.25, -0.2) is 4.79 Å². The van der Waals surface area contributed by atoms with Crippen LogP contribution in [-0.2, 0) is 0 Å². The molecule has 4 nitrogen and oxygen atoms in total. The number of carbonyl (C=O) groups is 1. The number of amides is 2. The summed E-state index contributed by atoms with van der Waals surface area (Å²) in [5.41, 5.74) is 0.838. The van der Waals surface area contributed by atoms with Gasteiger partial charge in [-0.2, -0.15) is 0 Å². The zero-order valence-electron chi connectivity index (χ0n) is 13.0. The summed E-state index contributed by atoms with van der Waals surface area (Å²) in [6.07, 6.45) is 5.84. The van der Waals surface area contributed by atoms with Gasteiger partial charge in [-0.3, -0.25) is 9.89 Å². The second-order valence-corrected chi connectivity index (χ2v) is 7.42. The number of carbonyl (C=O) groups excluding carboxylic acids is 1. The number of hydrogen-bond donors (Lipinski definition) is 1. The Kier molecular flexibility index (Phi) is 5.03. The number of para-hydroxylation sites is 1. The molecule has 2 amide bonds. The fourth-order valence-corrected chi connectivity index (χ4v) is 4.05. The van der Waals surface area contributed by atoms with Crippen molar-refractivity contribution in [2.45, 2.75) is 50.3 Å². The number of anilines is 1. The van der Waals surface area contributed by atoms with Crippen molar-refractivity contribution in [2.24, 2.45) is 4.99 Å². The van der Waals surface area contributed by atoms with Crippen molar-refractivity contribution in [1.82, 2.24) is 4.90 Å². The Balaban J connectivity index is 1.76. The Morgan fingerprint density at radius 2 is 1.95 bits per heavy atom. The van der Waals surface area contributed by atoms with E-state index >= 15 is 0 Å². The lowest BCUT2D eigenvalue weighted by molar-refractivity contribution is 0.209. The summed E-state index contributed by atoms with van der Waals surface area (Å²) < 4.78 is 0. The Bertz CT molecular complexity index is 540. The first-order valence-electron chi connectivity index (χ1n) is 8.10. The van der Waals surface area contributed by atoms with E-state index in [-0.39, 0.29) is 12.1 Å². The van der Waals surface area contributed by atoms with E-state index in [0.29, 0.717) is 5.25 Å². The van der Waals surface area contributed by atoms with E-state index in [1.807, 2.05) is 35.2 Å². The number of nitrogens with one attached hydrogen (secondary N) is 1. The fraction of sp³-hybridized carbons (Fsp3) is 0.529. The first-order valence-corrected chi connectivity index (χ1v) is 8.98. The minimum Gasteiger partial charge on any atom is -0.307 e. The molecule has 22 heavy (non-hydrogen) atoms. The summed E-state index contributed by atoms with van der Waals surface area (Å²) >= 11 is 1.72. The monoisotopic (exact) mass is 317 g/mol. The molecule has 0 radical (unpaired) electrons. The van der Waals surface area contributed by atoms with E-state index in [0.717, 1.165) is 30.2 Å². The van der Waals surface area contributed by atoms with Crippen LogP contribution in [0.3, 0.4) is 0 Å². The van der Waals surface area contributed by atoms with Crippen LogP contribution in [0.25, 0.3) is 0 Å². The summed E-state index contributed by atoms with van der Waals surface area (Å²) in [5.74, 6) is 0. The van der Waals surface area contributed by atoms with Crippen LogP contribution in [0, 0.1) is 0 Å². The molecule has 0 bridgehead atoms. The van der Waals surface area contributed by atoms with Crippen LogP contribution in [0.5, 0.6) is 0 Å². The molecule has 1 saturated carbocycles. The normalized spacial score (nSPS) is 22.2. The molecule has 1 fully saturated rings. The molecular formula is C17H23N3OS. The Morgan fingerprint density at radius 3 is 2.59 bits per heavy atom. The SMILES string of the molecule is C[C@H]1CN=C(N(C(=O)Nc2ccccc2)C2CCCCC2)S1. The molecule has 0 aromatic heterocycles. The van der Waals surface area contributed by atoms with Crippen LogP contribution in [0.15, 0.2) is 35.3 Å². The molecule has 1 aromatic rings. The molecule has 5 heteroatoms. The molecule has 1 heterocycles. The third-order valence-electron chi connectivity index (χ3n) is 4.18. The highest BCUT2D eigenvalue weighted by molar-refractivity contribution is 8.14. The number of hydrogen-bond acceptors (Lipinski definition) is 3. The Morgan fingerprint density at radius 1 is 1.23 bits per heavy atom. The van der Waals surface area contributed by atoms with Gasteiger partial charge in [0, 0.05) is 17.0 Å². The minimum atomic E-state index is -0.0431. The number of aliphatic imine (C=N–C) groups is 1. The first-order chi connectivity index (χ1) is 10.7. The lowest BCUT2D eigenvalue weighted by Crippen LogP contribution is -2.46. The number of rotatable bonds is 2. The maximum atomic E-state index is 12.8. The summed E-state index contributed by atoms with van der Waals surface area (Å²) in [6, 6.07) is 9.90. The maximum Gasteiger partial charge on any atom is 0.328 e. The predicted octanol–water partition coefficient (Wildman–Crippen LogP) is 4.34. The zero-order chi connectivity index (χ0) is 15.4. The zero-order valence-corrected chi connectivity index (χ0v) is 13.8. The maximum absolute atomic E-state index is 12.8. The summed E-state index contributed by atoms with van der Waals surface area (Å²) in [5, 5.41) is 4.38. The van der Waals surface area contributed by atoms with E-state index in [2.05, 4.69) is 17.2 Å². The van der Waals surface area contributed by atoms with Gasteiger partial charge in [0.2, 0.25) is 0 Å². The number of thioether (sulfide) groups is 1. The third kappa shape index (κ3) is 3.64. The van der Waals surface area contributed by atoms with Crippen LogP contribution in [0.2, 0.25) is 0 Å². The average Bonchev–Trinajstić information content (AvgIpc) is 2.95. The van der Waals surface area contributed by atoms with Crippen molar-refractivity contribution >= 4 is 28.6 Å². The standard InChI is InChI=1S/C17H23N3OS/c1-13-12-18-17(22-13)20(15-10-6-3-7-11-15)16(21)19-14-8-4-2-5-9-14/h2,4-5,8-9,13,15H,3,6-7,10-12H2,1H3,(H,19,21)/t13-/m0/s1. The number of benzene rings is 1. The molecule has 0 saturated heterocycles. The van der Waals surface area contributed by atoms with Gasteiger partial charge in [0.25, 0.3) is 0 Å². The Labute approximate surface area is 136 Å². The quantitative estimate of drug-likeness (QED) is 0.881. The van der Waals surface area contributed by atoms with Crippen molar-refractivity contribution in [3.05, 3.63) is 30.3 Å². The molecule has 0 spiro atoms. The molecule has 3 rings (SSSR count). The molecule has 1 atom stereocenters. The van der Waals surface area contributed by atoms with Crippen LogP contribution in [0.1, 0.15) is 39.0 Å². The molecule has 118 valence electrons. The van der Waals surface area contributed by atoms with Gasteiger partial charge in [-0.05, 0) is 25.0 Å². The molecule has 2 aliphatic rings. The molecule has 0 unspecified atom stereocenters. The van der Waals surface area contributed by atoms with Crippen LogP contribution in [-0.4, -0.2) is 33.9 Å². The van der Waals surface area contributed by atoms with E-state index in [4.69, 9.17) is 0 Å². The van der Waals surface area contributed by atoms with Crippen LogP contribution < -0.4 is 5.32 Å². The van der Waals surface area contributed by atoms with Crippen molar-refractivity contribution in [2.75, 3.05) is 11.9 Å². The first kappa shape index (κ1) is 15.4. The summed E-state index contributed by atoms with van der Waals surface area (Å²) in [4.78, 5) is 19.3. The highest BCUT2D eigenvalue weighted by atomic mass is 32.2. The van der Waals surface area contributed by atoms with E-state index < -0.39 is 0 Å². The third-order valence-corrected chi connectivity index (χ3v) is 5.27. The summed E-state index contributed by atoms with van der Waals surface area (Å²) in [7, 11) is 0. The van der Waals surface area contributed by atoms with Gasteiger partial charge < -0.3 is 5.32 Å². The molecule has 1 aromatic carbocycles. The highest BCUT2D eigenvalue weighted by Crippen LogP contribution is 2.30. The van der Waals surface area contributed by atoms with Crippen LogP contribution >= 0.6 is 11.8 Å². The van der Waals surface area contributed by atoms with E-state index in [1.165, 1.54) is 19.3 Å². The topological polar surface area (TPSA) is 44.7 Å². The van der Waals surface area contributed by atoms with E-state index in [9.17, 15) is 4.79 Å². The largest absolute Gasteiger partial charge is 0.328 e. The fourth-order valence-electron chi connectivity index (χ4n) is 3.05. The molecule has 1 N–H and O–H groups in total. The Hall–Kier alpha value is -1.49. The average molecular weight is 317 g/mol. The second kappa shape index (κ2) is 7.18. The van der Waals surface area contributed by atoms with E-state index in [1.54, 1.807) is 11.8 Å². The van der Waals surface area contributed by atoms with Crippen molar-refractivity contribution in [3.8, 4) is 0 Å². The number of nitrogens with zero attached hydrogens (tertiary/aromatic N) is 2. The molecule has 1 aliphatic heterocycles. The van der Waals surface area contributed by atoms with Crippen molar-refractivity contribution in [1.29, 1.82) is 0 Å². The smallest absolute Gasteiger partial charge is 0.307 e. The van der Waals surface area contributed by atoms with Gasteiger partial charge >= 0.3 is 6.03 Å². The number of amidine groups is 1. The van der Waals surface area contributed by atoms with Gasteiger partial charge in [-0.1, -0.05) is 56.1 Å². The van der Waals surface area contributed by atoms with Gasteiger partial charge in [-0.15, -0.1) is 0 Å². The molecule has 1 aliphatic carbocycles. The van der Waals surface area contributed by atoms with Crippen molar-refractivity contribution in [3.63, 3.8) is 0 Å². The van der Waals surface area contributed by atoms with Crippen LogP contribution in [0.4, 0.5) is 10.5 Å². The van der Waals surface area contributed by atoms with Crippen molar-refractivity contribution < 1.29 is 4.79 Å². The van der Waals surface area contributed by atoms with Gasteiger partial charge in [0.05, 0.1) is 6.54 Å². The predicted molar refractivity (Wildman–Crippen MR) is 93.5 cm³/mol. The number of urea groups is 1. The van der Waals surface area contributed by atoms with Gasteiger partial charge in [0.1, 0.15) is 0 Å². The molecular weight excluding hydrogens is 294 g/mol. The second-order valence-electron chi connectivity index (χ2n) is 6.01. The minimum absolute atomic E-state index is 0.0431. The lowest BCUT2D eigenvalue weighted by Gasteiger charge is -2.33. The lowest BCUT2D eigenvalue weighted by atomic mass is 9.94. The highest BCUT2D eigenvalue weighted by Gasteiger charge is 2.32. The summed E-state index contributed by atoms with van der Waals surface area (Å²) in [6.45, 7) is 2.97.